The molecule has 0 aliphatic carbocycles. The summed E-state index contributed by atoms with van der Waals surface area (Å²) in [6.45, 7) is 0. The predicted octanol–water partition coefficient (Wildman–Crippen LogP) is 1.67. The Hall–Kier alpha value is -0.880. The molecule has 3 heteroatoms. The molecule has 0 aromatic carbocycles. The van der Waals surface area contributed by atoms with Crippen LogP contribution in [0.4, 0.5) is 0 Å². The second-order valence-electron chi connectivity index (χ2n) is 2.13. The summed E-state index contributed by atoms with van der Waals surface area (Å²) in [5, 5.41) is 0. The molecule has 2 rings (SSSR count). The summed E-state index contributed by atoms with van der Waals surface area (Å²) < 4.78 is 1.97. The Balaban J connectivity index is 2.93. The molecule has 10 heavy (non-hydrogen) atoms. The second kappa shape index (κ2) is 2.06. The van der Waals surface area contributed by atoms with Gasteiger partial charge in [-0.1, -0.05) is 0 Å². The van der Waals surface area contributed by atoms with E-state index in [0.717, 1.165) is 11.0 Å². The van der Waals surface area contributed by atoms with E-state index in [-0.39, 0.29) is 0 Å². The zero-order valence-corrected chi connectivity index (χ0v) is 6.51. The average molecular weight is 150 g/mol. The van der Waals surface area contributed by atoms with Gasteiger partial charge in [-0.15, -0.1) is 0 Å². The highest BCUT2D eigenvalue weighted by Crippen LogP contribution is 2.13. The van der Waals surface area contributed by atoms with Crippen molar-refractivity contribution in [3.8, 4) is 0 Å². The normalized spacial score (nSPS) is 10.5. The Morgan fingerprint density at radius 3 is 3.10 bits per heavy atom. The first-order chi connectivity index (χ1) is 4.88. The third kappa shape index (κ3) is 0.729. The lowest BCUT2D eigenvalue weighted by atomic mass is 10.4. The monoisotopic (exact) mass is 150 g/mol. The molecule has 1 unspecified atom stereocenters. The third-order valence-corrected chi connectivity index (χ3v) is 1.94. The molecule has 0 aliphatic heterocycles. The van der Waals surface area contributed by atoms with Crippen LogP contribution in [0.2, 0.25) is 0 Å². The maximum atomic E-state index is 4.17. The lowest BCUT2D eigenvalue weighted by molar-refractivity contribution is 1.34. The van der Waals surface area contributed by atoms with E-state index < -0.39 is 0 Å². The van der Waals surface area contributed by atoms with Crippen LogP contribution in [-0.2, 0) is 0 Å². The Bertz CT molecular complexity index is 353. The lowest BCUT2D eigenvalue weighted by Gasteiger charge is -1.91. The Labute approximate surface area is 61.1 Å². The summed E-state index contributed by atoms with van der Waals surface area (Å²) in [6, 6.07) is 5.96. The van der Waals surface area contributed by atoms with Crippen molar-refractivity contribution in [2.45, 2.75) is 0 Å². The number of aromatic nitrogens is 2. The fourth-order valence-electron chi connectivity index (χ4n) is 0.987. The number of rotatable bonds is 0. The van der Waals surface area contributed by atoms with Crippen LogP contribution in [-0.4, -0.2) is 9.32 Å². The quantitative estimate of drug-likeness (QED) is 0.522. The summed E-state index contributed by atoms with van der Waals surface area (Å²) in [7, 11) is 2.61. The Kier molecular flexibility index (Phi) is 1.21. The van der Waals surface area contributed by atoms with E-state index in [2.05, 4.69) is 14.4 Å². The highest BCUT2D eigenvalue weighted by Gasteiger charge is 1.94. The van der Waals surface area contributed by atoms with Crippen molar-refractivity contribution < 1.29 is 0 Å². The van der Waals surface area contributed by atoms with Gasteiger partial charge < -0.3 is 4.34 Å². The van der Waals surface area contributed by atoms with Crippen molar-refractivity contribution in [3.05, 3.63) is 30.6 Å². The van der Waals surface area contributed by atoms with Gasteiger partial charge in [-0.3, -0.25) is 4.98 Å². The van der Waals surface area contributed by atoms with Gasteiger partial charge in [0.2, 0.25) is 0 Å². The average Bonchev–Trinajstić information content (AvgIpc) is 2.34. The number of fused-ring (bicyclic) bond motifs is 1. The van der Waals surface area contributed by atoms with E-state index >= 15 is 0 Å². The largest absolute Gasteiger partial charge is 0.331 e. The molecule has 50 valence electrons. The second-order valence-corrected chi connectivity index (χ2v) is 2.69. The van der Waals surface area contributed by atoms with Crippen molar-refractivity contribution in [3.63, 3.8) is 0 Å². The number of hydrogen-bond acceptors (Lipinski definition) is 1. The van der Waals surface area contributed by atoms with Crippen molar-refractivity contribution >= 4 is 20.4 Å². The van der Waals surface area contributed by atoms with Gasteiger partial charge in [0.25, 0.3) is 0 Å². The van der Waals surface area contributed by atoms with Gasteiger partial charge >= 0.3 is 0 Å². The molecule has 2 aromatic heterocycles. The number of nitrogens with zero attached hydrogens (tertiary/aromatic N) is 2. The Morgan fingerprint density at radius 2 is 2.30 bits per heavy atom. The molecule has 0 spiro atoms. The van der Waals surface area contributed by atoms with Gasteiger partial charge in [0.1, 0.15) is 0 Å². The van der Waals surface area contributed by atoms with Gasteiger partial charge in [0, 0.05) is 12.4 Å². The first-order valence-electron chi connectivity index (χ1n) is 3.05. The SMILES string of the molecule is Pn1ccc2ncccc21. The molecule has 0 amide bonds. The minimum Gasteiger partial charge on any atom is -0.331 e. The lowest BCUT2D eigenvalue weighted by Crippen LogP contribution is -1.75. The molecule has 1 atom stereocenters. The zero-order chi connectivity index (χ0) is 6.97. The highest BCUT2D eigenvalue weighted by atomic mass is 31.0. The van der Waals surface area contributed by atoms with Gasteiger partial charge in [-0.05, 0) is 27.6 Å². The van der Waals surface area contributed by atoms with Crippen LogP contribution in [0.1, 0.15) is 0 Å². The van der Waals surface area contributed by atoms with Crippen molar-refractivity contribution in [2.75, 3.05) is 0 Å². The topological polar surface area (TPSA) is 17.8 Å². The highest BCUT2D eigenvalue weighted by molar-refractivity contribution is 7.14. The van der Waals surface area contributed by atoms with Crippen LogP contribution in [0.5, 0.6) is 0 Å². The minimum absolute atomic E-state index is 1.04. The molecule has 0 bridgehead atoms. The molecular formula is C7H7N2P. The van der Waals surface area contributed by atoms with Crippen molar-refractivity contribution in [2.24, 2.45) is 0 Å². The zero-order valence-electron chi connectivity index (χ0n) is 5.36. The molecule has 0 aliphatic rings. The van der Waals surface area contributed by atoms with E-state index in [1.165, 1.54) is 0 Å². The maximum Gasteiger partial charge on any atom is 0.0883 e. The summed E-state index contributed by atoms with van der Waals surface area (Å²) in [5.41, 5.74) is 2.19. The molecule has 2 nitrogen and oxygen atoms in total. The molecule has 0 fully saturated rings. The van der Waals surface area contributed by atoms with E-state index in [4.69, 9.17) is 0 Å². The third-order valence-electron chi connectivity index (χ3n) is 1.49. The molecular weight excluding hydrogens is 143 g/mol. The van der Waals surface area contributed by atoms with Gasteiger partial charge in [0.15, 0.2) is 0 Å². The first kappa shape index (κ1) is 5.87. The van der Waals surface area contributed by atoms with Crippen LogP contribution < -0.4 is 0 Å². The summed E-state index contributed by atoms with van der Waals surface area (Å²) in [5.74, 6) is 0. The van der Waals surface area contributed by atoms with E-state index in [0.29, 0.717) is 0 Å². The van der Waals surface area contributed by atoms with Crippen LogP contribution in [0.25, 0.3) is 11.0 Å². The minimum atomic E-state index is 1.04. The van der Waals surface area contributed by atoms with Crippen LogP contribution in [0.3, 0.4) is 0 Å². The number of pyridine rings is 1. The van der Waals surface area contributed by atoms with E-state index in [9.17, 15) is 0 Å². The summed E-state index contributed by atoms with van der Waals surface area (Å²) in [6.07, 6.45) is 3.77. The first-order valence-corrected chi connectivity index (χ1v) is 3.57. The van der Waals surface area contributed by atoms with Crippen molar-refractivity contribution in [1.29, 1.82) is 0 Å². The summed E-state index contributed by atoms with van der Waals surface area (Å²) in [4.78, 5) is 4.17. The van der Waals surface area contributed by atoms with E-state index in [1.807, 2.05) is 28.7 Å². The van der Waals surface area contributed by atoms with Gasteiger partial charge in [-0.25, -0.2) is 0 Å². The molecule has 0 radical (unpaired) electrons. The van der Waals surface area contributed by atoms with E-state index in [1.54, 1.807) is 6.20 Å². The van der Waals surface area contributed by atoms with Gasteiger partial charge in [0.05, 0.1) is 11.0 Å². The van der Waals surface area contributed by atoms with Crippen LogP contribution in [0, 0.1) is 0 Å². The fraction of sp³-hybridized carbons (Fsp3) is 0. The molecule has 0 N–H and O–H groups in total. The molecule has 0 saturated heterocycles. The van der Waals surface area contributed by atoms with Crippen LogP contribution >= 0.6 is 9.39 Å². The standard InChI is InChI=1S/C7H7N2P/c10-9-5-3-6-7(9)2-1-4-8-6/h1-5H,10H2. The van der Waals surface area contributed by atoms with Crippen LogP contribution in [0.15, 0.2) is 30.6 Å². The Morgan fingerprint density at radius 1 is 1.40 bits per heavy atom. The maximum absolute atomic E-state index is 4.17. The predicted molar refractivity (Wildman–Crippen MR) is 44.8 cm³/mol. The summed E-state index contributed by atoms with van der Waals surface area (Å²) >= 11 is 0. The molecule has 2 aromatic rings. The smallest absolute Gasteiger partial charge is 0.0883 e. The van der Waals surface area contributed by atoms with Gasteiger partial charge in [-0.2, -0.15) is 0 Å². The number of hydrogen-bond donors (Lipinski definition) is 0. The fourth-order valence-corrected chi connectivity index (χ4v) is 1.29. The van der Waals surface area contributed by atoms with Crippen molar-refractivity contribution in [1.82, 2.24) is 9.32 Å². The molecule has 2 heterocycles. The molecule has 0 saturated carbocycles.